The first-order valence-corrected chi connectivity index (χ1v) is 10.5. The van der Waals surface area contributed by atoms with Gasteiger partial charge in [-0.1, -0.05) is 32.8 Å². The van der Waals surface area contributed by atoms with E-state index >= 15 is 0 Å². The van der Waals surface area contributed by atoms with Crippen LogP contribution in [0, 0.1) is 17.8 Å². The Morgan fingerprint density at radius 3 is 2.31 bits per heavy atom. The van der Waals surface area contributed by atoms with Crippen LogP contribution < -0.4 is 14.8 Å². The average molecular weight is 400 g/mol. The number of ether oxygens (including phenoxy) is 2. The number of rotatable bonds is 5. The standard InChI is InChI=1S/C22H28N2O5/c1-13(2)20(14-7-8-17-18(11-14)29-10-9-28-17)23-19(25)12-24-21(26)15-5-3-4-6-16(15)22(24)27/h7-8,11,13,15-16,20H,3-6,9-10,12H2,1-2H3,(H,23,25). The predicted molar refractivity (Wildman–Crippen MR) is 105 cm³/mol. The molecule has 156 valence electrons. The predicted octanol–water partition coefficient (Wildman–Crippen LogP) is 2.45. The Kier molecular flexibility index (Phi) is 5.48. The first-order valence-electron chi connectivity index (χ1n) is 10.5. The number of carbonyl (C=O) groups is 3. The van der Waals surface area contributed by atoms with E-state index in [2.05, 4.69) is 5.32 Å². The molecular weight excluding hydrogens is 372 g/mol. The van der Waals surface area contributed by atoms with E-state index in [9.17, 15) is 14.4 Å². The van der Waals surface area contributed by atoms with Gasteiger partial charge in [0.15, 0.2) is 11.5 Å². The summed E-state index contributed by atoms with van der Waals surface area (Å²) in [5.41, 5.74) is 0.908. The van der Waals surface area contributed by atoms with Gasteiger partial charge in [-0.15, -0.1) is 0 Å². The fourth-order valence-electron chi connectivity index (χ4n) is 4.64. The van der Waals surface area contributed by atoms with Gasteiger partial charge in [0.1, 0.15) is 19.8 Å². The molecular formula is C22H28N2O5. The minimum Gasteiger partial charge on any atom is -0.486 e. The van der Waals surface area contributed by atoms with Gasteiger partial charge in [-0.25, -0.2) is 0 Å². The molecule has 1 saturated carbocycles. The molecule has 29 heavy (non-hydrogen) atoms. The Labute approximate surface area is 170 Å². The lowest BCUT2D eigenvalue weighted by atomic mass is 9.81. The fourth-order valence-corrected chi connectivity index (χ4v) is 4.64. The number of hydrogen-bond acceptors (Lipinski definition) is 5. The summed E-state index contributed by atoms with van der Waals surface area (Å²) in [6.45, 7) is 4.84. The van der Waals surface area contributed by atoms with Crippen molar-refractivity contribution in [2.24, 2.45) is 17.8 Å². The Morgan fingerprint density at radius 2 is 1.69 bits per heavy atom. The highest BCUT2D eigenvalue weighted by molar-refractivity contribution is 6.07. The van der Waals surface area contributed by atoms with E-state index in [1.165, 1.54) is 0 Å². The minimum absolute atomic E-state index is 0.120. The molecule has 1 aromatic carbocycles. The van der Waals surface area contributed by atoms with Crippen LogP contribution in [0.2, 0.25) is 0 Å². The number of amides is 3. The molecule has 2 fully saturated rings. The van der Waals surface area contributed by atoms with Crippen LogP contribution in [0.15, 0.2) is 18.2 Å². The van der Waals surface area contributed by atoms with Crippen molar-refractivity contribution in [3.63, 3.8) is 0 Å². The van der Waals surface area contributed by atoms with E-state index in [0.29, 0.717) is 24.7 Å². The van der Waals surface area contributed by atoms with Crippen molar-refractivity contribution in [1.82, 2.24) is 10.2 Å². The quantitative estimate of drug-likeness (QED) is 0.768. The third kappa shape index (κ3) is 3.82. The summed E-state index contributed by atoms with van der Waals surface area (Å²) >= 11 is 0. The number of nitrogens with one attached hydrogen (secondary N) is 1. The van der Waals surface area contributed by atoms with Crippen LogP contribution in [0.5, 0.6) is 11.5 Å². The van der Waals surface area contributed by atoms with Crippen LogP contribution >= 0.6 is 0 Å². The molecule has 4 rings (SSSR count). The maximum atomic E-state index is 12.8. The van der Waals surface area contributed by atoms with Crippen LogP contribution in [-0.2, 0) is 14.4 Å². The summed E-state index contributed by atoms with van der Waals surface area (Å²) in [5, 5.41) is 3.01. The Morgan fingerprint density at radius 1 is 1.07 bits per heavy atom. The van der Waals surface area contributed by atoms with Crippen molar-refractivity contribution in [2.75, 3.05) is 19.8 Å². The molecule has 7 heteroatoms. The van der Waals surface area contributed by atoms with Crippen LogP contribution in [0.3, 0.4) is 0 Å². The van der Waals surface area contributed by atoms with Gasteiger partial charge in [-0.05, 0) is 36.5 Å². The number of imide groups is 1. The summed E-state index contributed by atoms with van der Waals surface area (Å²) in [6, 6.07) is 5.40. The van der Waals surface area contributed by atoms with Crippen molar-refractivity contribution < 1.29 is 23.9 Å². The van der Waals surface area contributed by atoms with Crippen molar-refractivity contribution in [3.05, 3.63) is 23.8 Å². The Hall–Kier alpha value is -2.57. The Balaban J connectivity index is 1.46. The van der Waals surface area contributed by atoms with Gasteiger partial charge in [-0.2, -0.15) is 0 Å². The molecule has 0 radical (unpaired) electrons. The first-order chi connectivity index (χ1) is 14.0. The number of likely N-dealkylation sites (tertiary alicyclic amines) is 1. The molecule has 0 spiro atoms. The molecule has 0 aromatic heterocycles. The highest BCUT2D eigenvalue weighted by atomic mass is 16.6. The van der Waals surface area contributed by atoms with Crippen molar-refractivity contribution in [3.8, 4) is 11.5 Å². The van der Waals surface area contributed by atoms with Gasteiger partial charge < -0.3 is 14.8 Å². The maximum absolute atomic E-state index is 12.8. The molecule has 7 nitrogen and oxygen atoms in total. The van der Waals surface area contributed by atoms with Gasteiger partial charge in [0.2, 0.25) is 17.7 Å². The van der Waals surface area contributed by atoms with Crippen LogP contribution in [0.4, 0.5) is 0 Å². The molecule has 2 heterocycles. The number of nitrogens with zero attached hydrogens (tertiary/aromatic N) is 1. The van der Waals surface area contributed by atoms with Gasteiger partial charge in [0.05, 0.1) is 17.9 Å². The number of hydrogen-bond donors (Lipinski definition) is 1. The molecule has 1 N–H and O–H groups in total. The van der Waals surface area contributed by atoms with Gasteiger partial charge >= 0.3 is 0 Å². The van der Waals surface area contributed by atoms with E-state index in [-0.39, 0.29) is 48.1 Å². The second-order valence-electron chi connectivity index (χ2n) is 8.45. The van der Waals surface area contributed by atoms with Gasteiger partial charge in [0, 0.05) is 0 Å². The molecule has 1 aromatic rings. The largest absolute Gasteiger partial charge is 0.486 e. The monoisotopic (exact) mass is 400 g/mol. The van der Waals surface area contributed by atoms with Gasteiger partial charge in [0.25, 0.3) is 0 Å². The normalized spacial score (nSPS) is 24.4. The lowest BCUT2D eigenvalue weighted by Gasteiger charge is -2.26. The summed E-state index contributed by atoms with van der Waals surface area (Å²) in [6.07, 6.45) is 3.44. The molecule has 1 saturated heterocycles. The Bertz CT molecular complexity index is 797. The first kappa shape index (κ1) is 19.7. The zero-order valence-corrected chi connectivity index (χ0v) is 17.0. The third-order valence-corrected chi connectivity index (χ3v) is 6.14. The van der Waals surface area contributed by atoms with E-state index < -0.39 is 0 Å². The summed E-state index contributed by atoms with van der Waals surface area (Å²) in [7, 11) is 0. The molecule has 3 aliphatic rings. The molecule has 3 atom stereocenters. The smallest absolute Gasteiger partial charge is 0.240 e. The molecule has 2 aliphatic heterocycles. The molecule has 0 bridgehead atoms. The lowest BCUT2D eigenvalue weighted by Crippen LogP contribution is -2.43. The highest BCUT2D eigenvalue weighted by Crippen LogP contribution is 2.38. The van der Waals surface area contributed by atoms with Crippen molar-refractivity contribution in [2.45, 2.75) is 45.6 Å². The molecule has 3 unspecified atom stereocenters. The summed E-state index contributed by atoms with van der Waals surface area (Å²) < 4.78 is 11.2. The molecule has 3 amide bonds. The maximum Gasteiger partial charge on any atom is 0.240 e. The topological polar surface area (TPSA) is 84.9 Å². The lowest BCUT2D eigenvalue weighted by molar-refractivity contribution is -0.143. The van der Waals surface area contributed by atoms with Crippen LogP contribution in [0.25, 0.3) is 0 Å². The van der Waals surface area contributed by atoms with Crippen molar-refractivity contribution in [1.29, 1.82) is 0 Å². The zero-order valence-electron chi connectivity index (χ0n) is 17.0. The van der Waals surface area contributed by atoms with E-state index in [1.54, 1.807) is 0 Å². The van der Waals surface area contributed by atoms with Crippen LogP contribution in [-0.4, -0.2) is 42.4 Å². The van der Waals surface area contributed by atoms with E-state index in [4.69, 9.17) is 9.47 Å². The summed E-state index contributed by atoms with van der Waals surface area (Å²) in [4.78, 5) is 39.2. The second kappa shape index (κ2) is 8.05. The number of benzene rings is 1. The third-order valence-electron chi connectivity index (χ3n) is 6.14. The summed E-state index contributed by atoms with van der Waals surface area (Å²) in [5.74, 6) is 0.330. The van der Waals surface area contributed by atoms with E-state index in [1.807, 2.05) is 32.0 Å². The second-order valence-corrected chi connectivity index (χ2v) is 8.45. The van der Waals surface area contributed by atoms with Gasteiger partial charge in [-0.3, -0.25) is 19.3 Å². The van der Waals surface area contributed by atoms with E-state index in [0.717, 1.165) is 36.1 Å². The van der Waals surface area contributed by atoms with Crippen molar-refractivity contribution >= 4 is 17.7 Å². The minimum atomic E-state index is -0.320. The zero-order chi connectivity index (χ0) is 20.5. The highest BCUT2D eigenvalue weighted by Gasteiger charge is 2.48. The number of carbonyl (C=O) groups excluding carboxylic acids is 3. The average Bonchev–Trinajstić information content (AvgIpc) is 2.96. The number of fused-ring (bicyclic) bond motifs is 2. The fraction of sp³-hybridized carbons (Fsp3) is 0.591. The van der Waals surface area contributed by atoms with Crippen LogP contribution in [0.1, 0.15) is 51.1 Å². The SMILES string of the molecule is CC(C)C(NC(=O)CN1C(=O)C2CCCCC2C1=O)c1ccc2c(c1)OCCO2. The molecule has 1 aliphatic carbocycles.